The van der Waals surface area contributed by atoms with Crippen LogP contribution >= 0.6 is 0 Å². The molecule has 0 aliphatic heterocycles. The molecule has 0 saturated carbocycles. The van der Waals surface area contributed by atoms with Crippen LogP contribution in [-0.2, 0) is 13.6 Å². The van der Waals surface area contributed by atoms with Crippen LogP contribution in [0.1, 0.15) is 6.42 Å². The molecule has 0 spiro atoms. The molecule has 0 aromatic carbocycles. The van der Waals surface area contributed by atoms with Gasteiger partial charge in [-0.05, 0) is 12.5 Å². The van der Waals surface area contributed by atoms with Crippen molar-refractivity contribution >= 4 is 15.4 Å². The van der Waals surface area contributed by atoms with Crippen molar-refractivity contribution in [2.45, 2.75) is 12.5 Å². The molecule has 0 rings (SSSR count). The van der Waals surface area contributed by atoms with Crippen LogP contribution in [0.2, 0.25) is 6.04 Å². The molecule has 14 heavy (non-hydrogen) atoms. The maximum absolute atomic E-state index is 11.0. The summed E-state index contributed by atoms with van der Waals surface area (Å²) in [5.74, 6) is 0. The summed E-state index contributed by atoms with van der Waals surface area (Å²) in [4.78, 5) is 12.5. The normalized spacial score (nSPS) is 10.4. The zero-order valence-corrected chi connectivity index (χ0v) is 10.4. The van der Waals surface area contributed by atoms with Gasteiger partial charge in [0.15, 0.2) is 0 Å². The molecule has 6 heteroatoms. The van der Waals surface area contributed by atoms with E-state index in [2.05, 4.69) is 4.74 Å². The highest BCUT2D eigenvalue weighted by atomic mass is 28.3. The van der Waals surface area contributed by atoms with Crippen LogP contribution < -0.4 is 0 Å². The molecule has 0 aliphatic rings. The maximum Gasteiger partial charge on any atom is 0.409 e. The summed E-state index contributed by atoms with van der Waals surface area (Å²) < 4.78 is 14.9. The van der Waals surface area contributed by atoms with Gasteiger partial charge in [-0.3, -0.25) is 0 Å². The Balaban J connectivity index is 3.57. The van der Waals surface area contributed by atoms with Gasteiger partial charge in [0, 0.05) is 27.8 Å². The van der Waals surface area contributed by atoms with E-state index in [9.17, 15) is 4.79 Å². The van der Waals surface area contributed by atoms with Crippen LogP contribution in [0.3, 0.4) is 0 Å². The van der Waals surface area contributed by atoms with E-state index in [1.165, 1.54) is 12.0 Å². The van der Waals surface area contributed by atoms with Crippen molar-refractivity contribution in [1.29, 1.82) is 0 Å². The Morgan fingerprint density at radius 2 is 1.86 bits per heavy atom. The van der Waals surface area contributed by atoms with Crippen molar-refractivity contribution < 1.29 is 18.4 Å². The Morgan fingerprint density at radius 3 is 2.29 bits per heavy atom. The van der Waals surface area contributed by atoms with Crippen LogP contribution in [0.5, 0.6) is 0 Å². The molecule has 0 saturated heterocycles. The van der Waals surface area contributed by atoms with Gasteiger partial charge in [-0.2, -0.15) is 0 Å². The topological polar surface area (TPSA) is 48.0 Å². The summed E-state index contributed by atoms with van der Waals surface area (Å²) in [6.45, 7) is 0.670. The Hall–Kier alpha value is -0.593. The van der Waals surface area contributed by atoms with E-state index >= 15 is 0 Å². The van der Waals surface area contributed by atoms with Crippen LogP contribution in [-0.4, -0.2) is 55.2 Å². The Morgan fingerprint density at radius 1 is 1.29 bits per heavy atom. The summed E-state index contributed by atoms with van der Waals surface area (Å²) in [5, 5.41) is 0. The van der Waals surface area contributed by atoms with E-state index in [1.54, 1.807) is 21.3 Å². The first kappa shape index (κ1) is 13.4. The second kappa shape index (κ2) is 7.78. The minimum atomic E-state index is -1.47. The molecule has 0 bridgehead atoms. The maximum atomic E-state index is 11.0. The van der Waals surface area contributed by atoms with E-state index in [0.717, 1.165) is 12.5 Å². The number of nitrogens with zero attached hydrogens (tertiary/aromatic N) is 1. The number of amides is 1. The molecule has 0 aromatic heterocycles. The fourth-order valence-corrected chi connectivity index (χ4v) is 2.25. The third kappa shape index (κ3) is 5.20. The Kier molecular flexibility index (Phi) is 7.45. The lowest BCUT2D eigenvalue weighted by Crippen LogP contribution is -2.29. The fraction of sp³-hybridized carbons (Fsp3) is 0.875. The van der Waals surface area contributed by atoms with Crippen LogP contribution in [0.15, 0.2) is 0 Å². The van der Waals surface area contributed by atoms with Gasteiger partial charge in [0.1, 0.15) is 0 Å². The van der Waals surface area contributed by atoms with Gasteiger partial charge in [-0.15, -0.1) is 0 Å². The highest BCUT2D eigenvalue weighted by Crippen LogP contribution is 2.01. The quantitative estimate of drug-likeness (QED) is 0.616. The second-order valence-corrected chi connectivity index (χ2v) is 5.31. The van der Waals surface area contributed by atoms with Crippen molar-refractivity contribution in [2.75, 3.05) is 34.9 Å². The second-order valence-electron chi connectivity index (χ2n) is 2.93. The molecule has 84 valence electrons. The van der Waals surface area contributed by atoms with Crippen LogP contribution in [0.4, 0.5) is 4.79 Å². The number of carbonyl (C=O) groups excluding carboxylic acids is 1. The molecular weight excluding hydrogens is 202 g/mol. The molecule has 0 aliphatic carbocycles. The lowest BCUT2D eigenvalue weighted by molar-refractivity contribution is 0.133. The largest absolute Gasteiger partial charge is 0.453 e. The first-order valence-electron chi connectivity index (χ1n) is 4.50. The summed E-state index contributed by atoms with van der Waals surface area (Å²) >= 11 is 0. The summed E-state index contributed by atoms with van der Waals surface area (Å²) in [6, 6.07) is 0.897. The molecule has 1 amide bonds. The van der Waals surface area contributed by atoms with Crippen molar-refractivity contribution in [3.8, 4) is 0 Å². The molecule has 0 heterocycles. The minimum absolute atomic E-state index is 0.307. The van der Waals surface area contributed by atoms with Crippen molar-refractivity contribution in [3.05, 3.63) is 0 Å². The number of rotatable bonds is 6. The highest BCUT2D eigenvalue weighted by Gasteiger charge is 2.11. The van der Waals surface area contributed by atoms with E-state index in [1.807, 2.05) is 0 Å². The molecular formula is C8H19NO4Si. The first-order valence-corrected chi connectivity index (χ1v) is 6.26. The predicted molar refractivity (Wildman–Crippen MR) is 55.6 cm³/mol. The Bertz CT molecular complexity index is 163. The predicted octanol–water partition coefficient (Wildman–Crippen LogP) is 0.588. The molecule has 0 aromatic rings. The number of hydrogen-bond acceptors (Lipinski definition) is 4. The van der Waals surface area contributed by atoms with Gasteiger partial charge in [0.05, 0.1) is 7.11 Å². The number of methoxy groups -OCH3 is 1. The molecule has 0 N–H and O–H groups in total. The van der Waals surface area contributed by atoms with E-state index < -0.39 is 9.28 Å². The van der Waals surface area contributed by atoms with Crippen LogP contribution in [0.25, 0.3) is 0 Å². The van der Waals surface area contributed by atoms with Crippen LogP contribution in [0, 0.1) is 0 Å². The monoisotopic (exact) mass is 221 g/mol. The highest BCUT2D eigenvalue weighted by molar-refractivity contribution is 6.44. The number of carbonyl (C=O) groups is 1. The molecule has 0 atom stereocenters. The molecule has 0 radical (unpaired) electrons. The lowest BCUT2D eigenvalue weighted by atomic mass is 10.4. The van der Waals surface area contributed by atoms with Crippen molar-refractivity contribution in [2.24, 2.45) is 0 Å². The zero-order valence-electron chi connectivity index (χ0n) is 9.28. The van der Waals surface area contributed by atoms with Gasteiger partial charge in [0.2, 0.25) is 0 Å². The van der Waals surface area contributed by atoms with E-state index in [0.29, 0.717) is 6.54 Å². The first-order chi connectivity index (χ1) is 6.65. The third-order valence-corrected chi connectivity index (χ3v) is 3.88. The third-order valence-electron chi connectivity index (χ3n) is 1.95. The van der Waals surface area contributed by atoms with Gasteiger partial charge < -0.3 is 18.5 Å². The van der Waals surface area contributed by atoms with E-state index in [-0.39, 0.29) is 6.09 Å². The Labute approximate surface area is 86.8 Å². The molecule has 5 nitrogen and oxygen atoms in total. The lowest BCUT2D eigenvalue weighted by Gasteiger charge is -2.16. The van der Waals surface area contributed by atoms with E-state index in [4.69, 9.17) is 8.85 Å². The summed E-state index contributed by atoms with van der Waals surface area (Å²) in [6.07, 6.45) is 0.572. The summed E-state index contributed by atoms with van der Waals surface area (Å²) in [5.41, 5.74) is 0. The fourth-order valence-electron chi connectivity index (χ4n) is 1.07. The number of hydrogen-bond donors (Lipinski definition) is 0. The smallest absolute Gasteiger partial charge is 0.409 e. The van der Waals surface area contributed by atoms with Gasteiger partial charge >= 0.3 is 15.4 Å². The summed E-state index contributed by atoms with van der Waals surface area (Å²) in [7, 11) is 4.93. The van der Waals surface area contributed by atoms with Crippen molar-refractivity contribution in [3.63, 3.8) is 0 Å². The van der Waals surface area contributed by atoms with Crippen molar-refractivity contribution in [1.82, 2.24) is 4.90 Å². The molecule has 0 unspecified atom stereocenters. The number of ether oxygens (including phenoxy) is 1. The minimum Gasteiger partial charge on any atom is -0.453 e. The average Bonchev–Trinajstić information content (AvgIpc) is 2.22. The average molecular weight is 221 g/mol. The standard InChI is InChI=1S/C8H19NO4Si/c1-9(8(10)11-2)6-5-7-14(12-3)13-4/h14H,5-7H2,1-4H3. The van der Waals surface area contributed by atoms with Gasteiger partial charge in [-0.1, -0.05) is 0 Å². The SMILES string of the molecule is COC(=O)N(C)CCC[SiH](OC)OC. The molecule has 0 fully saturated rings. The van der Waals surface area contributed by atoms with Gasteiger partial charge in [0.25, 0.3) is 0 Å². The van der Waals surface area contributed by atoms with Gasteiger partial charge in [-0.25, -0.2) is 4.79 Å². The zero-order chi connectivity index (χ0) is 11.0.